The Morgan fingerprint density at radius 3 is 2.40 bits per heavy atom. The van der Waals surface area contributed by atoms with Crippen LogP contribution in [-0.2, 0) is 11.3 Å². The molecule has 1 fully saturated rings. The normalized spacial score (nSPS) is 15.4. The number of carbonyl (C=O) groups excluding carboxylic acids is 1. The lowest BCUT2D eigenvalue weighted by molar-refractivity contribution is 0.0664. The summed E-state index contributed by atoms with van der Waals surface area (Å²) in [5, 5.41) is 0.707. The summed E-state index contributed by atoms with van der Waals surface area (Å²) >= 11 is 5.98. The zero-order valence-corrected chi connectivity index (χ0v) is 15.4. The molecule has 2 aromatic rings. The van der Waals surface area contributed by atoms with Crippen molar-refractivity contribution in [2.24, 2.45) is 0 Å². The van der Waals surface area contributed by atoms with Crippen molar-refractivity contribution in [3.63, 3.8) is 0 Å². The lowest BCUT2D eigenvalue weighted by Gasteiger charge is -2.32. The van der Waals surface area contributed by atoms with E-state index in [-0.39, 0.29) is 5.91 Å². The van der Waals surface area contributed by atoms with Gasteiger partial charge >= 0.3 is 0 Å². The Hall–Kier alpha value is -1.88. The van der Waals surface area contributed by atoms with Crippen LogP contribution in [0.25, 0.3) is 11.1 Å². The predicted octanol–water partition coefficient (Wildman–Crippen LogP) is 3.54. The van der Waals surface area contributed by atoms with Gasteiger partial charge in [0, 0.05) is 43.9 Å². The first-order chi connectivity index (χ1) is 12.1. The molecule has 0 N–H and O–H groups in total. The fourth-order valence-corrected chi connectivity index (χ4v) is 3.23. The number of nitrogens with zero attached hydrogens (tertiary/aromatic N) is 2. The van der Waals surface area contributed by atoms with Crippen molar-refractivity contribution in [3.05, 3.63) is 58.6 Å². The fraction of sp³-hybridized carbons (Fsp3) is 0.350. The molecule has 132 valence electrons. The standard InChI is InChI=1S/C20H23ClN2O2/c1-22-9-11-23(12-10-22)20(24)16-5-8-19(17(13-16)14-25-2)15-3-6-18(21)7-4-15/h3-8,13H,9-12,14H2,1-2H3. The van der Waals surface area contributed by atoms with Crippen LogP contribution >= 0.6 is 11.6 Å². The summed E-state index contributed by atoms with van der Waals surface area (Å²) in [6, 6.07) is 13.6. The van der Waals surface area contributed by atoms with Gasteiger partial charge in [-0.15, -0.1) is 0 Å². The van der Waals surface area contributed by atoms with Crippen molar-refractivity contribution in [1.29, 1.82) is 0 Å². The number of halogens is 1. The fourth-order valence-electron chi connectivity index (χ4n) is 3.10. The molecular weight excluding hydrogens is 336 g/mol. The lowest BCUT2D eigenvalue weighted by atomic mass is 9.97. The second-order valence-corrected chi connectivity index (χ2v) is 6.84. The van der Waals surface area contributed by atoms with Gasteiger partial charge in [0.15, 0.2) is 0 Å². The van der Waals surface area contributed by atoms with E-state index in [4.69, 9.17) is 16.3 Å². The first-order valence-electron chi connectivity index (χ1n) is 8.44. The Bertz CT molecular complexity index is 738. The molecule has 0 aliphatic carbocycles. The minimum absolute atomic E-state index is 0.0908. The van der Waals surface area contributed by atoms with Crippen LogP contribution in [0.5, 0.6) is 0 Å². The Kier molecular flexibility index (Phi) is 5.74. The van der Waals surface area contributed by atoms with E-state index >= 15 is 0 Å². The smallest absolute Gasteiger partial charge is 0.253 e. The van der Waals surface area contributed by atoms with Gasteiger partial charge in [0.1, 0.15) is 0 Å². The van der Waals surface area contributed by atoms with Gasteiger partial charge in [-0.2, -0.15) is 0 Å². The summed E-state index contributed by atoms with van der Waals surface area (Å²) in [5.41, 5.74) is 3.85. The van der Waals surface area contributed by atoms with E-state index in [2.05, 4.69) is 11.9 Å². The average molecular weight is 359 g/mol. The highest BCUT2D eigenvalue weighted by Gasteiger charge is 2.21. The van der Waals surface area contributed by atoms with Gasteiger partial charge in [0.25, 0.3) is 5.91 Å². The monoisotopic (exact) mass is 358 g/mol. The molecule has 0 aromatic heterocycles. The number of rotatable bonds is 4. The second kappa shape index (κ2) is 8.00. The van der Waals surface area contributed by atoms with Gasteiger partial charge in [-0.1, -0.05) is 29.8 Å². The highest BCUT2D eigenvalue weighted by molar-refractivity contribution is 6.30. The van der Waals surface area contributed by atoms with Crippen molar-refractivity contribution < 1.29 is 9.53 Å². The van der Waals surface area contributed by atoms with Gasteiger partial charge in [0.05, 0.1) is 6.61 Å². The molecule has 0 unspecified atom stereocenters. The molecule has 3 rings (SSSR count). The molecule has 0 atom stereocenters. The highest BCUT2D eigenvalue weighted by atomic mass is 35.5. The van der Waals surface area contributed by atoms with Crippen LogP contribution in [0, 0.1) is 0 Å². The van der Waals surface area contributed by atoms with Gasteiger partial charge < -0.3 is 14.5 Å². The van der Waals surface area contributed by atoms with Crippen LogP contribution in [0.15, 0.2) is 42.5 Å². The largest absolute Gasteiger partial charge is 0.380 e. The third-order valence-corrected chi connectivity index (χ3v) is 4.85. The zero-order chi connectivity index (χ0) is 17.8. The van der Waals surface area contributed by atoms with Gasteiger partial charge in [-0.25, -0.2) is 0 Å². The van der Waals surface area contributed by atoms with E-state index in [1.165, 1.54) is 0 Å². The molecule has 1 aliphatic rings. The maximum atomic E-state index is 12.8. The van der Waals surface area contributed by atoms with Crippen LogP contribution in [0.3, 0.4) is 0 Å². The summed E-state index contributed by atoms with van der Waals surface area (Å²) in [4.78, 5) is 17.0. The van der Waals surface area contributed by atoms with Crippen molar-refractivity contribution in [3.8, 4) is 11.1 Å². The molecule has 25 heavy (non-hydrogen) atoms. The number of likely N-dealkylation sites (N-methyl/N-ethyl adjacent to an activating group) is 1. The van der Waals surface area contributed by atoms with E-state index in [0.717, 1.165) is 42.9 Å². The number of hydrogen-bond acceptors (Lipinski definition) is 3. The summed E-state index contributed by atoms with van der Waals surface area (Å²) in [6.07, 6.45) is 0. The zero-order valence-electron chi connectivity index (χ0n) is 14.7. The summed E-state index contributed by atoms with van der Waals surface area (Å²) in [7, 11) is 3.75. The number of amides is 1. The predicted molar refractivity (Wildman–Crippen MR) is 101 cm³/mol. The molecule has 0 radical (unpaired) electrons. The number of methoxy groups -OCH3 is 1. The molecule has 0 spiro atoms. The quantitative estimate of drug-likeness (QED) is 0.838. The maximum Gasteiger partial charge on any atom is 0.253 e. The van der Waals surface area contributed by atoms with Gasteiger partial charge in [-0.05, 0) is 48.0 Å². The first-order valence-corrected chi connectivity index (χ1v) is 8.82. The Morgan fingerprint density at radius 1 is 1.08 bits per heavy atom. The lowest BCUT2D eigenvalue weighted by Crippen LogP contribution is -2.47. The average Bonchev–Trinajstić information content (AvgIpc) is 2.63. The van der Waals surface area contributed by atoms with E-state index < -0.39 is 0 Å². The van der Waals surface area contributed by atoms with Crippen LogP contribution in [0.1, 0.15) is 15.9 Å². The van der Waals surface area contributed by atoms with Crippen LogP contribution in [0.2, 0.25) is 5.02 Å². The number of piperazine rings is 1. The molecule has 1 amide bonds. The first kappa shape index (κ1) is 17.9. The van der Waals surface area contributed by atoms with E-state index in [9.17, 15) is 4.79 Å². The van der Waals surface area contributed by atoms with Crippen LogP contribution in [-0.4, -0.2) is 56.0 Å². The Balaban J connectivity index is 1.88. The number of hydrogen-bond donors (Lipinski definition) is 0. The summed E-state index contributed by atoms with van der Waals surface area (Å²) in [5.74, 6) is 0.0908. The molecule has 5 heteroatoms. The molecule has 0 bridgehead atoms. The van der Waals surface area contributed by atoms with Gasteiger partial charge in [0.2, 0.25) is 0 Å². The van der Waals surface area contributed by atoms with Crippen LogP contribution < -0.4 is 0 Å². The van der Waals surface area contributed by atoms with Gasteiger partial charge in [-0.3, -0.25) is 4.79 Å². The minimum atomic E-state index is 0.0908. The number of benzene rings is 2. The van der Waals surface area contributed by atoms with E-state index in [1.54, 1.807) is 7.11 Å². The molecule has 1 heterocycles. The number of ether oxygens (including phenoxy) is 1. The van der Waals surface area contributed by atoms with Crippen LogP contribution in [0.4, 0.5) is 0 Å². The molecule has 1 aliphatic heterocycles. The van der Waals surface area contributed by atoms with Crippen molar-refractivity contribution >= 4 is 17.5 Å². The van der Waals surface area contributed by atoms with Crippen molar-refractivity contribution in [2.75, 3.05) is 40.3 Å². The third kappa shape index (κ3) is 4.21. The summed E-state index contributed by atoms with van der Waals surface area (Å²) < 4.78 is 5.35. The second-order valence-electron chi connectivity index (χ2n) is 6.41. The molecule has 2 aromatic carbocycles. The Labute approximate surface area is 154 Å². The number of carbonyl (C=O) groups is 1. The van der Waals surface area contributed by atoms with Crippen molar-refractivity contribution in [1.82, 2.24) is 9.80 Å². The van der Waals surface area contributed by atoms with E-state index in [0.29, 0.717) is 17.2 Å². The highest BCUT2D eigenvalue weighted by Crippen LogP contribution is 2.27. The molecule has 4 nitrogen and oxygen atoms in total. The van der Waals surface area contributed by atoms with Crippen molar-refractivity contribution in [2.45, 2.75) is 6.61 Å². The molecule has 1 saturated heterocycles. The molecule has 0 saturated carbocycles. The Morgan fingerprint density at radius 2 is 1.76 bits per heavy atom. The third-order valence-electron chi connectivity index (χ3n) is 4.60. The SMILES string of the molecule is COCc1cc(C(=O)N2CCN(C)CC2)ccc1-c1ccc(Cl)cc1. The summed E-state index contributed by atoms with van der Waals surface area (Å²) in [6.45, 7) is 3.84. The topological polar surface area (TPSA) is 32.8 Å². The minimum Gasteiger partial charge on any atom is -0.380 e. The molecular formula is C20H23ClN2O2. The maximum absolute atomic E-state index is 12.8. The van der Waals surface area contributed by atoms with E-state index in [1.807, 2.05) is 47.4 Å².